The molecule has 90 valence electrons. The third-order valence-corrected chi connectivity index (χ3v) is 3.69. The van der Waals surface area contributed by atoms with E-state index in [2.05, 4.69) is 4.98 Å². The third kappa shape index (κ3) is 3.31. The number of rotatable bonds is 4. The van der Waals surface area contributed by atoms with Gasteiger partial charge in [-0.05, 0) is 24.1 Å². The van der Waals surface area contributed by atoms with Gasteiger partial charge in [-0.3, -0.25) is 0 Å². The van der Waals surface area contributed by atoms with Gasteiger partial charge in [0.2, 0.25) is 0 Å². The zero-order chi connectivity index (χ0) is 12.3. The van der Waals surface area contributed by atoms with E-state index in [0.29, 0.717) is 12.3 Å². The summed E-state index contributed by atoms with van der Waals surface area (Å²) >= 11 is 0. The molecule has 1 aromatic heterocycles. The summed E-state index contributed by atoms with van der Waals surface area (Å²) in [4.78, 5) is 4.11. The molecule has 17 heavy (non-hydrogen) atoms. The highest BCUT2D eigenvalue weighted by Gasteiger charge is 2.09. The van der Waals surface area contributed by atoms with E-state index in [1.165, 1.54) is 18.4 Å². The molecule has 0 saturated heterocycles. The summed E-state index contributed by atoms with van der Waals surface area (Å²) in [6.45, 7) is 0. The molecular formula is C11H10ClNO3S. The zero-order valence-corrected chi connectivity index (χ0v) is 10.4. The maximum Gasteiger partial charge on any atom is 0.261 e. The molecule has 6 heteroatoms. The van der Waals surface area contributed by atoms with Crippen molar-refractivity contribution in [1.82, 2.24) is 4.98 Å². The van der Waals surface area contributed by atoms with Crippen molar-refractivity contribution in [3.8, 4) is 0 Å². The van der Waals surface area contributed by atoms with Crippen LogP contribution < -0.4 is 0 Å². The van der Waals surface area contributed by atoms with Crippen molar-refractivity contribution in [3.63, 3.8) is 0 Å². The molecule has 4 nitrogen and oxygen atoms in total. The van der Waals surface area contributed by atoms with Gasteiger partial charge in [0.05, 0.1) is 11.1 Å². The van der Waals surface area contributed by atoms with Crippen LogP contribution in [0.25, 0.3) is 0 Å². The topological polar surface area (TPSA) is 60.2 Å². The Morgan fingerprint density at radius 1 is 1.18 bits per heavy atom. The lowest BCUT2D eigenvalue weighted by molar-refractivity contribution is 0.494. The molecule has 0 N–H and O–H groups in total. The van der Waals surface area contributed by atoms with Gasteiger partial charge < -0.3 is 4.42 Å². The Kier molecular flexibility index (Phi) is 3.49. The molecule has 0 aliphatic rings. The maximum atomic E-state index is 11.0. The van der Waals surface area contributed by atoms with Gasteiger partial charge in [0.1, 0.15) is 6.26 Å². The van der Waals surface area contributed by atoms with Crippen LogP contribution in [0.1, 0.15) is 11.5 Å². The number of oxazole rings is 1. The molecule has 0 amide bonds. The molecule has 0 radical (unpaired) electrons. The van der Waals surface area contributed by atoms with Crippen LogP contribution in [0, 0.1) is 0 Å². The smallest absolute Gasteiger partial charge is 0.261 e. The Balaban J connectivity index is 2.04. The van der Waals surface area contributed by atoms with Crippen LogP contribution in [0.5, 0.6) is 0 Å². The van der Waals surface area contributed by atoms with Gasteiger partial charge in [-0.1, -0.05) is 12.1 Å². The molecule has 0 unspecified atom stereocenters. The number of halogens is 1. The minimum Gasteiger partial charge on any atom is -0.449 e. The number of aryl methyl sites for hydroxylation is 2. The monoisotopic (exact) mass is 271 g/mol. The second kappa shape index (κ2) is 4.89. The van der Waals surface area contributed by atoms with Crippen LogP contribution in [-0.4, -0.2) is 13.4 Å². The lowest BCUT2D eigenvalue weighted by Crippen LogP contribution is -1.94. The lowest BCUT2D eigenvalue weighted by atomic mass is 10.1. The Labute approximate surface area is 104 Å². The molecule has 2 aromatic rings. The SMILES string of the molecule is O=S(=O)(Cl)c1ccc(CCc2ncco2)cc1. The fourth-order valence-electron chi connectivity index (χ4n) is 1.45. The van der Waals surface area contributed by atoms with Crippen molar-refractivity contribution in [1.29, 1.82) is 0 Å². The summed E-state index contributed by atoms with van der Waals surface area (Å²) in [7, 11) is 1.58. The summed E-state index contributed by atoms with van der Waals surface area (Å²) in [5.74, 6) is 0.666. The predicted molar refractivity (Wildman–Crippen MR) is 63.4 cm³/mol. The molecule has 0 aliphatic heterocycles. The largest absolute Gasteiger partial charge is 0.449 e. The van der Waals surface area contributed by atoms with E-state index in [-0.39, 0.29) is 4.90 Å². The highest BCUT2D eigenvalue weighted by molar-refractivity contribution is 8.13. The Morgan fingerprint density at radius 3 is 2.41 bits per heavy atom. The van der Waals surface area contributed by atoms with Crippen molar-refractivity contribution >= 4 is 19.7 Å². The molecule has 0 spiro atoms. The van der Waals surface area contributed by atoms with Crippen LogP contribution in [0.4, 0.5) is 0 Å². The van der Waals surface area contributed by atoms with E-state index in [1.54, 1.807) is 18.3 Å². The van der Waals surface area contributed by atoms with E-state index in [0.717, 1.165) is 12.0 Å². The molecular weight excluding hydrogens is 262 g/mol. The summed E-state index contributed by atoms with van der Waals surface area (Å²) < 4.78 is 27.2. The Morgan fingerprint density at radius 2 is 1.88 bits per heavy atom. The number of aromatic nitrogens is 1. The second-order valence-electron chi connectivity index (χ2n) is 3.51. The normalized spacial score (nSPS) is 11.6. The zero-order valence-electron chi connectivity index (χ0n) is 8.84. The average molecular weight is 272 g/mol. The first-order valence-corrected chi connectivity index (χ1v) is 7.28. The van der Waals surface area contributed by atoms with Crippen molar-refractivity contribution in [2.45, 2.75) is 17.7 Å². The molecule has 0 bridgehead atoms. The Bertz CT molecular complexity index is 576. The van der Waals surface area contributed by atoms with Gasteiger partial charge in [0.15, 0.2) is 5.89 Å². The van der Waals surface area contributed by atoms with Gasteiger partial charge in [0, 0.05) is 17.1 Å². The van der Waals surface area contributed by atoms with E-state index < -0.39 is 9.05 Å². The first-order valence-electron chi connectivity index (χ1n) is 4.98. The predicted octanol–water partition coefficient (Wildman–Crippen LogP) is 2.39. The fourth-order valence-corrected chi connectivity index (χ4v) is 2.22. The molecule has 1 aromatic carbocycles. The van der Waals surface area contributed by atoms with Crippen LogP contribution in [-0.2, 0) is 21.9 Å². The molecule has 2 rings (SSSR count). The molecule has 0 atom stereocenters. The maximum absolute atomic E-state index is 11.0. The lowest BCUT2D eigenvalue weighted by Gasteiger charge is -2.00. The van der Waals surface area contributed by atoms with Crippen molar-refractivity contribution in [2.75, 3.05) is 0 Å². The fraction of sp³-hybridized carbons (Fsp3) is 0.182. The summed E-state index contributed by atoms with van der Waals surface area (Å²) in [6, 6.07) is 6.46. The minimum atomic E-state index is -3.64. The molecule has 0 aliphatic carbocycles. The first-order chi connectivity index (χ1) is 8.05. The van der Waals surface area contributed by atoms with Crippen LogP contribution >= 0.6 is 10.7 Å². The van der Waals surface area contributed by atoms with Crippen molar-refractivity contribution < 1.29 is 12.8 Å². The number of hydrogen-bond donors (Lipinski definition) is 0. The van der Waals surface area contributed by atoms with Crippen LogP contribution in [0.15, 0.2) is 46.0 Å². The Hall–Kier alpha value is -1.33. The number of hydrogen-bond acceptors (Lipinski definition) is 4. The van der Waals surface area contributed by atoms with Crippen LogP contribution in [0.3, 0.4) is 0 Å². The quantitative estimate of drug-likeness (QED) is 0.801. The highest BCUT2D eigenvalue weighted by Crippen LogP contribution is 2.16. The number of benzene rings is 1. The van der Waals surface area contributed by atoms with E-state index in [4.69, 9.17) is 15.1 Å². The minimum absolute atomic E-state index is 0.110. The standard InChI is InChI=1S/C11H10ClNO3S/c12-17(14,15)10-4-1-9(2-5-10)3-6-11-13-7-8-16-11/h1-2,4-5,7-8H,3,6H2. The summed E-state index contributed by atoms with van der Waals surface area (Å²) in [5.41, 5.74) is 1.01. The number of nitrogens with zero attached hydrogens (tertiary/aromatic N) is 1. The van der Waals surface area contributed by atoms with Gasteiger partial charge in [-0.25, -0.2) is 13.4 Å². The van der Waals surface area contributed by atoms with Gasteiger partial charge >= 0.3 is 0 Å². The first kappa shape index (κ1) is 12.1. The van der Waals surface area contributed by atoms with Gasteiger partial charge in [-0.2, -0.15) is 0 Å². The molecule has 0 saturated carbocycles. The second-order valence-corrected chi connectivity index (χ2v) is 6.07. The average Bonchev–Trinajstić information content (AvgIpc) is 2.78. The van der Waals surface area contributed by atoms with Crippen LogP contribution in [0.2, 0.25) is 0 Å². The molecule has 1 heterocycles. The molecule has 0 fully saturated rings. The summed E-state index contributed by atoms with van der Waals surface area (Å²) in [5, 5.41) is 0. The van der Waals surface area contributed by atoms with Crippen molar-refractivity contribution in [3.05, 3.63) is 48.2 Å². The van der Waals surface area contributed by atoms with E-state index in [1.807, 2.05) is 0 Å². The highest BCUT2D eigenvalue weighted by atomic mass is 35.7. The van der Waals surface area contributed by atoms with E-state index in [9.17, 15) is 8.42 Å². The van der Waals surface area contributed by atoms with E-state index >= 15 is 0 Å². The van der Waals surface area contributed by atoms with Gasteiger partial charge in [-0.15, -0.1) is 0 Å². The van der Waals surface area contributed by atoms with Gasteiger partial charge in [0.25, 0.3) is 9.05 Å². The summed E-state index contributed by atoms with van der Waals surface area (Å²) in [6.07, 6.45) is 4.54. The third-order valence-electron chi connectivity index (χ3n) is 2.32. The van der Waals surface area contributed by atoms with Crippen molar-refractivity contribution in [2.24, 2.45) is 0 Å².